The lowest BCUT2D eigenvalue weighted by molar-refractivity contribution is -0.188. The molecule has 2 fully saturated rings. The van der Waals surface area contributed by atoms with Gasteiger partial charge in [-0.3, -0.25) is 0 Å². The Kier molecular flexibility index (Phi) is 8.91. The molecule has 0 aliphatic carbocycles. The van der Waals surface area contributed by atoms with Crippen LogP contribution < -0.4 is 5.32 Å². The molecule has 5 atom stereocenters. The smallest absolute Gasteiger partial charge is 0.158 e. The quantitative estimate of drug-likeness (QED) is 0.375. The van der Waals surface area contributed by atoms with Gasteiger partial charge in [-0.05, 0) is 62.1 Å². The summed E-state index contributed by atoms with van der Waals surface area (Å²) < 4.78 is 33.7. The number of benzene rings is 2. The summed E-state index contributed by atoms with van der Waals surface area (Å²) in [5.74, 6) is 6.55. The number of aliphatic hydroxyl groups is 2. The number of anilines is 1. The molecule has 206 valence electrons. The molecule has 5 rings (SSSR count). The maximum absolute atomic E-state index is 14.9. The van der Waals surface area contributed by atoms with Crippen molar-refractivity contribution in [3.63, 3.8) is 0 Å². The Hall–Kier alpha value is -3.26. The third-order valence-corrected chi connectivity index (χ3v) is 7.02. The van der Waals surface area contributed by atoms with E-state index in [0.29, 0.717) is 30.3 Å². The van der Waals surface area contributed by atoms with E-state index in [-0.39, 0.29) is 37.5 Å². The number of aromatic nitrogens is 2. The molecule has 2 aromatic carbocycles. The normalized spacial score (nSPS) is 22.6. The molecular weight excluding hydrogens is 501 g/mol. The molecule has 8 nitrogen and oxygen atoms in total. The summed E-state index contributed by atoms with van der Waals surface area (Å²) in [6.07, 6.45) is 5.27. The molecular formula is C30H34FN3O5. The van der Waals surface area contributed by atoms with E-state index in [9.17, 15) is 14.6 Å². The molecule has 2 aliphatic heterocycles. The molecule has 39 heavy (non-hydrogen) atoms. The van der Waals surface area contributed by atoms with Crippen molar-refractivity contribution < 1.29 is 28.8 Å². The van der Waals surface area contributed by atoms with Gasteiger partial charge in [0.15, 0.2) is 6.29 Å². The second-order valence-electron chi connectivity index (χ2n) is 9.86. The highest BCUT2D eigenvalue weighted by atomic mass is 19.1. The fraction of sp³-hybridized carbons (Fsp3) is 0.433. The lowest BCUT2D eigenvalue weighted by Gasteiger charge is -2.26. The van der Waals surface area contributed by atoms with E-state index in [1.54, 1.807) is 24.5 Å². The molecule has 2 saturated heterocycles. The molecule has 0 amide bonds. The van der Waals surface area contributed by atoms with Gasteiger partial charge in [0.25, 0.3) is 0 Å². The third-order valence-electron chi connectivity index (χ3n) is 7.02. The Bertz CT molecular complexity index is 1300. The number of imidazole rings is 1. The predicted octanol–water partition coefficient (Wildman–Crippen LogP) is 4.05. The average molecular weight is 536 g/mol. The molecule has 0 spiro atoms. The topological polar surface area (TPSA) is 98.0 Å². The van der Waals surface area contributed by atoms with Crippen molar-refractivity contribution >= 4 is 5.69 Å². The van der Waals surface area contributed by atoms with E-state index in [1.165, 1.54) is 6.07 Å². The van der Waals surface area contributed by atoms with Gasteiger partial charge in [0.05, 0.1) is 32.0 Å². The Balaban J connectivity index is 1.25. The minimum absolute atomic E-state index is 0.184. The summed E-state index contributed by atoms with van der Waals surface area (Å²) in [4.78, 5) is 4.44. The summed E-state index contributed by atoms with van der Waals surface area (Å²) >= 11 is 0. The Labute approximate surface area is 227 Å². The first-order valence-electron chi connectivity index (χ1n) is 13.4. The van der Waals surface area contributed by atoms with Gasteiger partial charge >= 0.3 is 0 Å². The van der Waals surface area contributed by atoms with E-state index >= 15 is 0 Å². The fourth-order valence-electron chi connectivity index (χ4n) is 4.85. The first-order chi connectivity index (χ1) is 19.0. The number of ether oxygens (including phenoxy) is 3. The van der Waals surface area contributed by atoms with Crippen LogP contribution in [0, 0.1) is 17.7 Å². The van der Waals surface area contributed by atoms with Crippen molar-refractivity contribution in [3.05, 3.63) is 72.1 Å². The molecule has 9 heteroatoms. The minimum atomic E-state index is -0.611. The molecule has 2 aliphatic rings. The van der Waals surface area contributed by atoms with Crippen molar-refractivity contribution in [3.8, 4) is 23.0 Å². The van der Waals surface area contributed by atoms with Gasteiger partial charge in [-0.2, -0.15) is 0 Å². The number of nitrogens with one attached hydrogen (secondary N) is 1. The highest BCUT2D eigenvalue weighted by Gasteiger charge is 2.26. The maximum atomic E-state index is 14.9. The Morgan fingerprint density at radius 2 is 2.05 bits per heavy atom. The Morgan fingerprint density at radius 3 is 2.74 bits per heavy atom. The summed E-state index contributed by atoms with van der Waals surface area (Å²) in [7, 11) is 0. The average Bonchev–Trinajstić information content (AvgIpc) is 3.60. The Morgan fingerprint density at radius 1 is 1.21 bits per heavy atom. The van der Waals surface area contributed by atoms with Gasteiger partial charge in [0.2, 0.25) is 0 Å². The van der Waals surface area contributed by atoms with Crippen LogP contribution in [0.2, 0.25) is 0 Å². The van der Waals surface area contributed by atoms with Crippen LogP contribution in [0.25, 0.3) is 11.1 Å². The van der Waals surface area contributed by atoms with Crippen LogP contribution in [0.4, 0.5) is 10.1 Å². The number of nitrogens with zero attached hydrogens (tertiary/aromatic N) is 2. The van der Waals surface area contributed by atoms with Crippen molar-refractivity contribution in [2.45, 2.75) is 56.8 Å². The highest BCUT2D eigenvalue weighted by molar-refractivity contribution is 5.67. The second-order valence-corrected chi connectivity index (χ2v) is 9.86. The van der Waals surface area contributed by atoms with Crippen molar-refractivity contribution in [2.75, 3.05) is 31.7 Å². The van der Waals surface area contributed by atoms with Crippen molar-refractivity contribution in [1.82, 2.24) is 9.55 Å². The SMILES string of the molecule is C[C@H](OC1CCCCO1)c1nccn1[C@@H](C#Cc1ccc(-c2ccc(NC3COC[C@H]3O)cc2F)cc1)CO. The lowest BCUT2D eigenvalue weighted by Crippen LogP contribution is -2.31. The molecule has 0 bridgehead atoms. The summed E-state index contributed by atoms with van der Waals surface area (Å²) in [5.41, 5.74) is 2.52. The van der Waals surface area contributed by atoms with Gasteiger partial charge in [-0.15, -0.1) is 0 Å². The van der Waals surface area contributed by atoms with E-state index in [4.69, 9.17) is 14.2 Å². The molecule has 0 saturated carbocycles. The second kappa shape index (κ2) is 12.7. The number of aliphatic hydroxyl groups excluding tert-OH is 2. The van der Waals surface area contributed by atoms with Crippen LogP contribution in [0.1, 0.15) is 49.7 Å². The largest absolute Gasteiger partial charge is 0.393 e. The zero-order valence-corrected chi connectivity index (χ0v) is 21.9. The summed E-state index contributed by atoms with van der Waals surface area (Å²) in [6, 6.07) is 11.5. The van der Waals surface area contributed by atoms with E-state index in [1.807, 2.05) is 35.8 Å². The molecule has 3 aromatic rings. The number of hydrogen-bond donors (Lipinski definition) is 3. The van der Waals surface area contributed by atoms with Crippen LogP contribution in [-0.4, -0.2) is 64.6 Å². The van der Waals surface area contributed by atoms with Crippen molar-refractivity contribution in [1.29, 1.82) is 0 Å². The van der Waals surface area contributed by atoms with Crippen LogP contribution in [0.15, 0.2) is 54.9 Å². The monoisotopic (exact) mass is 535 g/mol. The molecule has 3 N–H and O–H groups in total. The first-order valence-corrected chi connectivity index (χ1v) is 13.4. The number of rotatable bonds is 8. The van der Waals surface area contributed by atoms with Gasteiger partial charge in [-0.25, -0.2) is 9.37 Å². The van der Waals surface area contributed by atoms with Crippen molar-refractivity contribution in [2.24, 2.45) is 0 Å². The van der Waals surface area contributed by atoms with Gasteiger partial charge in [0.1, 0.15) is 23.8 Å². The van der Waals surface area contributed by atoms with Gasteiger partial charge in [0, 0.05) is 35.8 Å². The fourth-order valence-corrected chi connectivity index (χ4v) is 4.85. The van der Waals surface area contributed by atoms with E-state index in [0.717, 1.165) is 30.4 Å². The van der Waals surface area contributed by atoms with Crippen LogP contribution in [0.5, 0.6) is 0 Å². The van der Waals surface area contributed by atoms with Crippen LogP contribution >= 0.6 is 0 Å². The molecule has 2 unspecified atom stereocenters. The van der Waals surface area contributed by atoms with Crippen LogP contribution in [0.3, 0.4) is 0 Å². The first kappa shape index (κ1) is 27.3. The molecule has 0 radical (unpaired) electrons. The zero-order valence-electron chi connectivity index (χ0n) is 21.9. The maximum Gasteiger partial charge on any atom is 0.158 e. The number of hydrogen-bond acceptors (Lipinski definition) is 7. The van der Waals surface area contributed by atoms with E-state index < -0.39 is 12.1 Å². The van der Waals surface area contributed by atoms with Gasteiger partial charge < -0.3 is 34.3 Å². The predicted molar refractivity (Wildman–Crippen MR) is 144 cm³/mol. The van der Waals surface area contributed by atoms with E-state index in [2.05, 4.69) is 22.1 Å². The van der Waals surface area contributed by atoms with Crippen LogP contribution in [-0.2, 0) is 14.2 Å². The molecule has 3 heterocycles. The minimum Gasteiger partial charge on any atom is -0.393 e. The lowest BCUT2D eigenvalue weighted by atomic mass is 10.0. The highest BCUT2D eigenvalue weighted by Crippen LogP contribution is 2.27. The summed E-state index contributed by atoms with van der Waals surface area (Å²) in [6.45, 7) is 3.10. The number of halogens is 1. The van der Waals surface area contributed by atoms with Gasteiger partial charge in [-0.1, -0.05) is 24.0 Å². The standard InChI is InChI=1S/C30H34FN3O5/c1-20(39-29-4-2-3-15-38-29)30-32-13-14-34(30)24(17-35)11-7-21-5-8-22(9-6-21)25-12-10-23(16-26(25)31)33-27-18-37-19-28(27)36/h5-6,8-10,12-14,16,20,24,27-29,33,35-36H,2-4,15,17-19H2,1H3/t20-,24-,27?,28+,29?/m0/s1. The summed E-state index contributed by atoms with van der Waals surface area (Å²) in [5, 5.41) is 23.1. The molecule has 1 aromatic heterocycles. The zero-order chi connectivity index (χ0) is 27.2. The third kappa shape index (κ3) is 6.67.